The summed E-state index contributed by atoms with van der Waals surface area (Å²) in [5.74, 6) is 0.715. The molecule has 2 fully saturated rings. The van der Waals surface area contributed by atoms with E-state index in [1.807, 2.05) is 7.11 Å². The molecule has 2 aliphatic heterocycles. The number of pyridine rings is 1. The highest BCUT2D eigenvalue weighted by atomic mass is 16.5. The normalized spacial score (nSPS) is 24.3. The fourth-order valence-corrected chi connectivity index (χ4v) is 4.48. The molecule has 4 heteroatoms. The Hall–Kier alpha value is -1.49. The molecule has 1 aromatic carbocycles. The minimum Gasteiger partial charge on any atom is -0.384 e. The molecule has 3 heterocycles. The zero-order valence-corrected chi connectivity index (χ0v) is 14.7. The second kappa shape index (κ2) is 6.43. The fourth-order valence-electron chi connectivity index (χ4n) is 4.48. The Kier molecular flexibility index (Phi) is 4.29. The maximum absolute atomic E-state index is 5.40. The Balaban J connectivity index is 1.41. The number of hydrogen-bond donors (Lipinski definition) is 0. The molecule has 2 aliphatic rings. The van der Waals surface area contributed by atoms with Crippen LogP contribution in [0.2, 0.25) is 0 Å². The summed E-state index contributed by atoms with van der Waals surface area (Å²) >= 11 is 0. The van der Waals surface area contributed by atoms with Gasteiger partial charge in [0, 0.05) is 44.3 Å². The Morgan fingerprint density at radius 3 is 2.88 bits per heavy atom. The number of rotatable bonds is 4. The van der Waals surface area contributed by atoms with Gasteiger partial charge in [0.2, 0.25) is 0 Å². The molecule has 2 saturated heterocycles. The summed E-state index contributed by atoms with van der Waals surface area (Å²) in [7, 11) is 4.11. The standard InChI is InChI=1S/C20H27N3O/c1-22-10-9-16(13-24-2)11-20(22)14-23(15-20)12-18-8-7-17-5-3-4-6-19(17)21-18/h3-8,16H,9-15H2,1-2H3/t16-/m0/s1. The number of fused-ring (bicyclic) bond motifs is 1. The second-order valence-corrected chi connectivity index (χ2v) is 7.60. The van der Waals surface area contributed by atoms with Gasteiger partial charge < -0.3 is 4.74 Å². The third-order valence-corrected chi connectivity index (χ3v) is 5.83. The van der Waals surface area contributed by atoms with Crippen LogP contribution in [0.1, 0.15) is 18.5 Å². The minimum atomic E-state index is 0.359. The van der Waals surface area contributed by atoms with Gasteiger partial charge in [0.15, 0.2) is 0 Å². The van der Waals surface area contributed by atoms with E-state index in [0.29, 0.717) is 11.5 Å². The van der Waals surface area contributed by atoms with Gasteiger partial charge in [-0.15, -0.1) is 0 Å². The van der Waals surface area contributed by atoms with Crippen molar-refractivity contribution in [3.8, 4) is 0 Å². The molecule has 2 aromatic rings. The number of benzene rings is 1. The second-order valence-electron chi connectivity index (χ2n) is 7.60. The number of likely N-dealkylation sites (tertiary alicyclic amines) is 2. The van der Waals surface area contributed by atoms with Crippen LogP contribution in [0.25, 0.3) is 10.9 Å². The van der Waals surface area contributed by atoms with E-state index in [1.54, 1.807) is 0 Å². The van der Waals surface area contributed by atoms with E-state index in [0.717, 1.165) is 31.8 Å². The van der Waals surface area contributed by atoms with Crippen LogP contribution in [0.5, 0.6) is 0 Å². The summed E-state index contributed by atoms with van der Waals surface area (Å²) in [5.41, 5.74) is 2.63. The highest BCUT2D eigenvalue weighted by Gasteiger charge is 2.49. The number of ether oxygens (including phenoxy) is 1. The zero-order valence-electron chi connectivity index (χ0n) is 14.7. The van der Waals surface area contributed by atoms with Gasteiger partial charge in [-0.3, -0.25) is 14.8 Å². The Labute approximate surface area is 144 Å². The lowest BCUT2D eigenvalue weighted by molar-refractivity contribution is -0.0908. The molecule has 0 aliphatic carbocycles. The molecule has 0 amide bonds. The summed E-state index contributed by atoms with van der Waals surface area (Å²) < 4.78 is 5.40. The maximum atomic E-state index is 5.40. The average molecular weight is 325 g/mol. The molecule has 0 saturated carbocycles. The van der Waals surface area contributed by atoms with Crippen molar-refractivity contribution in [2.24, 2.45) is 5.92 Å². The van der Waals surface area contributed by atoms with E-state index in [-0.39, 0.29) is 0 Å². The first-order valence-electron chi connectivity index (χ1n) is 8.96. The van der Waals surface area contributed by atoms with Crippen molar-refractivity contribution in [2.75, 3.05) is 40.4 Å². The van der Waals surface area contributed by atoms with E-state index in [2.05, 4.69) is 53.2 Å². The van der Waals surface area contributed by atoms with Crippen LogP contribution in [-0.2, 0) is 11.3 Å². The van der Waals surface area contributed by atoms with Gasteiger partial charge in [0.05, 0.1) is 11.2 Å². The summed E-state index contributed by atoms with van der Waals surface area (Å²) in [6.45, 7) is 5.35. The lowest BCUT2D eigenvalue weighted by Gasteiger charge is -2.58. The molecule has 4 rings (SSSR count). The van der Waals surface area contributed by atoms with E-state index in [4.69, 9.17) is 9.72 Å². The van der Waals surface area contributed by atoms with Crippen molar-refractivity contribution in [1.82, 2.24) is 14.8 Å². The zero-order chi connectivity index (χ0) is 16.6. The van der Waals surface area contributed by atoms with Crippen molar-refractivity contribution < 1.29 is 4.74 Å². The van der Waals surface area contributed by atoms with Crippen LogP contribution < -0.4 is 0 Å². The van der Waals surface area contributed by atoms with Crippen LogP contribution in [0.4, 0.5) is 0 Å². The quantitative estimate of drug-likeness (QED) is 0.864. The van der Waals surface area contributed by atoms with Crippen LogP contribution in [-0.4, -0.2) is 60.7 Å². The third kappa shape index (κ3) is 2.94. The molecule has 24 heavy (non-hydrogen) atoms. The predicted molar refractivity (Wildman–Crippen MR) is 97.0 cm³/mol. The van der Waals surface area contributed by atoms with Gasteiger partial charge in [0.25, 0.3) is 0 Å². The Bertz CT molecular complexity index is 711. The smallest absolute Gasteiger partial charge is 0.0705 e. The molecule has 0 radical (unpaired) electrons. The SMILES string of the molecule is COC[C@H]1CCN(C)C2(C1)CN(Cc1ccc3ccccc3n1)C2. The number of methoxy groups -OCH3 is 1. The van der Waals surface area contributed by atoms with Crippen molar-refractivity contribution >= 4 is 10.9 Å². The maximum Gasteiger partial charge on any atom is 0.0705 e. The molecule has 0 unspecified atom stereocenters. The average Bonchev–Trinajstić information content (AvgIpc) is 2.56. The first-order chi connectivity index (χ1) is 11.7. The largest absolute Gasteiger partial charge is 0.384 e. The van der Waals surface area contributed by atoms with Crippen molar-refractivity contribution in [1.29, 1.82) is 0 Å². The van der Waals surface area contributed by atoms with Crippen molar-refractivity contribution in [3.63, 3.8) is 0 Å². The molecular weight excluding hydrogens is 298 g/mol. The molecule has 0 bridgehead atoms. The molecule has 1 atom stereocenters. The van der Waals surface area contributed by atoms with Gasteiger partial charge >= 0.3 is 0 Å². The van der Waals surface area contributed by atoms with Gasteiger partial charge in [-0.25, -0.2) is 0 Å². The molecular formula is C20H27N3O. The summed E-state index contributed by atoms with van der Waals surface area (Å²) in [4.78, 5) is 9.92. The predicted octanol–water partition coefficient (Wildman–Crippen LogP) is 2.78. The summed E-state index contributed by atoms with van der Waals surface area (Å²) in [6, 6.07) is 12.7. The molecule has 1 spiro atoms. The summed E-state index contributed by atoms with van der Waals surface area (Å²) in [6.07, 6.45) is 2.53. The highest BCUT2D eigenvalue weighted by Crippen LogP contribution is 2.38. The van der Waals surface area contributed by atoms with Gasteiger partial charge in [-0.2, -0.15) is 0 Å². The molecule has 4 nitrogen and oxygen atoms in total. The molecule has 128 valence electrons. The topological polar surface area (TPSA) is 28.6 Å². The first kappa shape index (κ1) is 16.0. The number of likely N-dealkylation sites (N-methyl/N-ethyl adjacent to an activating group) is 1. The van der Waals surface area contributed by atoms with Crippen molar-refractivity contribution in [2.45, 2.75) is 24.9 Å². The highest BCUT2D eigenvalue weighted by molar-refractivity contribution is 5.78. The van der Waals surface area contributed by atoms with Gasteiger partial charge in [0.1, 0.15) is 0 Å². The van der Waals surface area contributed by atoms with E-state index < -0.39 is 0 Å². The Morgan fingerprint density at radius 1 is 1.21 bits per heavy atom. The van der Waals surface area contributed by atoms with Crippen LogP contribution in [0.3, 0.4) is 0 Å². The fraction of sp³-hybridized carbons (Fsp3) is 0.550. The van der Waals surface area contributed by atoms with Gasteiger partial charge in [-0.1, -0.05) is 24.3 Å². The number of aromatic nitrogens is 1. The number of para-hydroxylation sites is 1. The monoisotopic (exact) mass is 325 g/mol. The molecule has 0 N–H and O–H groups in total. The van der Waals surface area contributed by atoms with Gasteiger partial charge in [-0.05, 0) is 44.5 Å². The van der Waals surface area contributed by atoms with Crippen LogP contribution >= 0.6 is 0 Å². The van der Waals surface area contributed by atoms with E-state index in [9.17, 15) is 0 Å². The van der Waals surface area contributed by atoms with Crippen molar-refractivity contribution in [3.05, 3.63) is 42.1 Å². The Morgan fingerprint density at radius 2 is 2.04 bits per heavy atom. The van der Waals surface area contributed by atoms with Crippen LogP contribution in [0, 0.1) is 5.92 Å². The van der Waals surface area contributed by atoms with E-state index in [1.165, 1.54) is 30.5 Å². The first-order valence-corrected chi connectivity index (χ1v) is 8.96. The third-order valence-electron chi connectivity index (χ3n) is 5.83. The number of nitrogens with zero attached hydrogens (tertiary/aromatic N) is 3. The lowest BCUT2D eigenvalue weighted by Crippen LogP contribution is -2.71. The van der Waals surface area contributed by atoms with Crippen LogP contribution in [0.15, 0.2) is 36.4 Å². The lowest BCUT2D eigenvalue weighted by atomic mass is 9.75. The number of hydrogen-bond acceptors (Lipinski definition) is 4. The number of piperidine rings is 1. The summed E-state index contributed by atoms with van der Waals surface area (Å²) in [5, 5.41) is 1.22. The van der Waals surface area contributed by atoms with E-state index >= 15 is 0 Å². The minimum absolute atomic E-state index is 0.359. The molecule has 1 aromatic heterocycles.